The van der Waals surface area contributed by atoms with Gasteiger partial charge in [-0.1, -0.05) is 22.9 Å². The lowest BCUT2D eigenvalue weighted by atomic mass is 10.2. The summed E-state index contributed by atoms with van der Waals surface area (Å²) in [6.07, 6.45) is 0. The van der Waals surface area contributed by atoms with Crippen LogP contribution in [0.4, 0.5) is 5.69 Å². The second kappa shape index (κ2) is 5.74. The number of benzene rings is 1. The van der Waals surface area contributed by atoms with Gasteiger partial charge in [0.2, 0.25) is 5.75 Å². The Morgan fingerprint density at radius 2 is 2.29 bits per heavy atom. The number of carboxylic acids is 1. The molecule has 8 nitrogen and oxygen atoms in total. The number of rotatable bonds is 4. The van der Waals surface area contributed by atoms with Crippen LogP contribution in [0.2, 0.25) is 5.15 Å². The van der Waals surface area contributed by atoms with Gasteiger partial charge >= 0.3 is 11.7 Å². The number of nitro groups is 1. The van der Waals surface area contributed by atoms with Crippen LogP contribution in [0.3, 0.4) is 0 Å². The summed E-state index contributed by atoms with van der Waals surface area (Å²) in [5.74, 6) is -1.44. The van der Waals surface area contributed by atoms with E-state index in [-0.39, 0.29) is 26.5 Å². The number of nitriles is 1. The van der Waals surface area contributed by atoms with Crippen LogP contribution in [0.5, 0.6) is 10.9 Å². The van der Waals surface area contributed by atoms with Crippen molar-refractivity contribution < 1.29 is 19.6 Å². The normalized spacial score (nSPS) is 9.90. The lowest BCUT2D eigenvalue weighted by Crippen LogP contribution is -1.94. The molecule has 10 heteroatoms. The van der Waals surface area contributed by atoms with Crippen LogP contribution < -0.4 is 4.74 Å². The van der Waals surface area contributed by atoms with E-state index in [9.17, 15) is 14.9 Å². The third-order valence-corrected chi connectivity index (χ3v) is 3.55. The van der Waals surface area contributed by atoms with Crippen LogP contribution in [0.25, 0.3) is 0 Å². The first-order valence-corrected chi connectivity index (χ1v) is 6.38. The fourth-order valence-corrected chi connectivity index (χ4v) is 2.35. The maximum atomic E-state index is 10.9. The Kier molecular flexibility index (Phi) is 4.02. The minimum absolute atomic E-state index is 0.0949. The molecule has 0 aliphatic heterocycles. The maximum absolute atomic E-state index is 10.9. The van der Waals surface area contributed by atoms with Crippen molar-refractivity contribution in [2.45, 2.75) is 0 Å². The van der Waals surface area contributed by atoms with Gasteiger partial charge in [-0.15, -0.1) is 0 Å². The minimum atomic E-state index is -1.28. The van der Waals surface area contributed by atoms with Crippen molar-refractivity contribution in [1.82, 2.24) is 4.98 Å². The fraction of sp³-hybridized carbons (Fsp3) is 0. The number of nitro benzene ring substituents is 1. The molecule has 2 aromatic rings. The zero-order valence-electron chi connectivity index (χ0n) is 9.94. The van der Waals surface area contributed by atoms with Gasteiger partial charge in [0.1, 0.15) is 0 Å². The van der Waals surface area contributed by atoms with E-state index in [1.165, 1.54) is 12.1 Å². The smallest absolute Gasteiger partial charge is 0.349 e. The maximum Gasteiger partial charge on any atom is 0.349 e. The average molecular weight is 326 g/mol. The van der Waals surface area contributed by atoms with Gasteiger partial charge in [-0.2, -0.15) is 10.2 Å². The molecule has 0 atom stereocenters. The molecule has 1 aromatic carbocycles. The molecule has 0 spiro atoms. The molecule has 0 aliphatic carbocycles. The summed E-state index contributed by atoms with van der Waals surface area (Å²) in [6, 6.07) is 5.37. The van der Waals surface area contributed by atoms with Gasteiger partial charge in [-0.05, 0) is 12.1 Å². The van der Waals surface area contributed by atoms with Crippen LogP contribution in [0.1, 0.15) is 15.2 Å². The number of carboxylic acid groups (broad SMARTS) is 1. The Morgan fingerprint density at radius 1 is 1.57 bits per heavy atom. The van der Waals surface area contributed by atoms with E-state index in [0.29, 0.717) is 11.3 Å². The first kappa shape index (κ1) is 14.7. The summed E-state index contributed by atoms with van der Waals surface area (Å²) < 4.78 is 5.19. The van der Waals surface area contributed by atoms with Gasteiger partial charge in [0.05, 0.1) is 16.6 Å². The number of aromatic carboxylic acids is 1. The molecule has 0 amide bonds. The highest BCUT2D eigenvalue weighted by Crippen LogP contribution is 2.36. The molecule has 0 fully saturated rings. The third-order valence-electron chi connectivity index (χ3n) is 2.24. The number of thiazole rings is 1. The van der Waals surface area contributed by atoms with Crippen molar-refractivity contribution in [2.75, 3.05) is 0 Å². The number of hydrogen-bond donors (Lipinski definition) is 1. The molecular formula is C11H4ClN3O5S. The second-order valence-electron chi connectivity index (χ2n) is 3.56. The summed E-state index contributed by atoms with van der Waals surface area (Å²) in [6.45, 7) is 0. The Morgan fingerprint density at radius 3 is 2.81 bits per heavy atom. The van der Waals surface area contributed by atoms with Crippen LogP contribution in [0.15, 0.2) is 18.2 Å². The van der Waals surface area contributed by atoms with E-state index in [0.717, 1.165) is 6.07 Å². The Balaban J connectivity index is 2.40. The average Bonchev–Trinajstić information content (AvgIpc) is 2.80. The molecule has 1 heterocycles. The molecule has 0 bridgehead atoms. The van der Waals surface area contributed by atoms with E-state index in [2.05, 4.69) is 4.98 Å². The van der Waals surface area contributed by atoms with Gasteiger partial charge in [-0.3, -0.25) is 10.1 Å². The van der Waals surface area contributed by atoms with Crippen LogP contribution in [-0.4, -0.2) is 21.0 Å². The van der Waals surface area contributed by atoms with Gasteiger partial charge in [0.25, 0.3) is 5.19 Å². The van der Waals surface area contributed by atoms with Crippen molar-refractivity contribution >= 4 is 34.6 Å². The molecule has 0 aliphatic rings. The molecule has 0 radical (unpaired) electrons. The van der Waals surface area contributed by atoms with Crippen molar-refractivity contribution in [2.24, 2.45) is 0 Å². The summed E-state index contributed by atoms with van der Waals surface area (Å²) in [5, 5.41) is 28.1. The Bertz CT molecular complexity index is 783. The Hall–Kier alpha value is -2.70. The number of ether oxygens (including phenoxy) is 1. The zero-order chi connectivity index (χ0) is 15.6. The van der Waals surface area contributed by atoms with Crippen LogP contribution in [-0.2, 0) is 0 Å². The lowest BCUT2D eigenvalue weighted by molar-refractivity contribution is -0.385. The summed E-state index contributed by atoms with van der Waals surface area (Å²) in [7, 11) is 0. The van der Waals surface area contributed by atoms with Crippen molar-refractivity contribution in [3.8, 4) is 17.0 Å². The van der Waals surface area contributed by atoms with Crippen LogP contribution >= 0.6 is 22.9 Å². The van der Waals surface area contributed by atoms with Gasteiger partial charge in [-0.25, -0.2) is 4.79 Å². The molecule has 2 rings (SSSR count). The molecule has 106 valence electrons. The van der Waals surface area contributed by atoms with E-state index >= 15 is 0 Å². The number of aromatic nitrogens is 1. The fourth-order valence-electron chi connectivity index (χ4n) is 1.37. The second-order valence-corrected chi connectivity index (χ2v) is 4.88. The number of carbonyl (C=O) groups is 1. The summed E-state index contributed by atoms with van der Waals surface area (Å²) >= 11 is 6.26. The highest BCUT2D eigenvalue weighted by Gasteiger charge is 2.21. The predicted molar refractivity (Wildman–Crippen MR) is 72.0 cm³/mol. The van der Waals surface area contributed by atoms with Crippen LogP contribution in [0, 0.1) is 21.4 Å². The van der Waals surface area contributed by atoms with Crippen molar-refractivity contribution in [3.05, 3.63) is 43.9 Å². The van der Waals surface area contributed by atoms with E-state index in [4.69, 9.17) is 26.7 Å². The largest absolute Gasteiger partial charge is 0.477 e. The third kappa shape index (κ3) is 3.07. The number of nitrogens with zero attached hydrogens (tertiary/aromatic N) is 3. The predicted octanol–water partition coefficient (Wildman–Crippen LogP) is 3.07. The summed E-state index contributed by atoms with van der Waals surface area (Å²) in [4.78, 5) is 24.5. The first-order chi connectivity index (χ1) is 9.92. The lowest BCUT2D eigenvalue weighted by Gasteiger charge is -2.02. The van der Waals surface area contributed by atoms with Gasteiger partial charge in [0, 0.05) is 6.07 Å². The SMILES string of the molecule is N#Cc1ccc(Oc2nc(Cl)c(C(=O)O)s2)c([N+](=O)[O-])c1. The molecular weight excluding hydrogens is 322 g/mol. The molecule has 1 N–H and O–H groups in total. The highest BCUT2D eigenvalue weighted by atomic mass is 35.5. The number of hydrogen-bond acceptors (Lipinski definition) is 7. The summed E-state index contributed by atoms with van der Waals surface area (Å²) in [5.41, 5.74) is -0.338. The van der Waals surface area contributed by atoms with Crippen molar-refractivity contribution in [1.29, 1.82) is 5.26 Å². The van der Waals surface area contributed by atoms with Gasteiger partial charge < -0.3 is 9.84 Å². The quantitative estimate of drug-likeness (QED) is 0.675. The first-order valence-electron chi connectivity index (χ1n) is 5.18. The minimum Gasteiger partial charge on any atom is -0.477 e. The molecule has 1 aromatic heterocycles. The van der Waals surface area contributed by atoms with E-state index < -0.39 is 16.6 Å². The van der Waals surface area contributed by atoms with E-state index in [1.54, 1.807) is 6.07 Å². The highest BCUT2D eigenvalue weighted by molar-refractivity contribution is 7.15. The monoisotopic (exact) mass is 325 g/mol. The Labute approximate surface area is 125 Å². The van der Waals surface area contributed by atoms with Gasteiger partial charge in [0.15, 0.2) is 10.0 Å². The van der Waals surface area contributed by atoms with E-state index in [1.807, 2.05) is 0 Å². The molecule has 0 unspecified atom stereocenters. The zero-order valence-corrected chi connectivity index (χ0v) is 11.5. The standard InChI is InChI=1S/C11H4ClN3O5S/c12-9-8(10(16)17)21-11(14-9)20-7-2-1-5(4-13)3-6(7)15(18)19/h1-3H,(H,16,17). The molecule has 0 saturated heterocycles. The molecule has 0 saturated carbocycles. The van der Waals surface area contributed by atoms with Crippen molar-refractivity contribution in [3.63, 3.8) is 0 Å². The number of halogens is 1. The topological polar surface area (TPSA) is 126 Å². The molecule has 21 heavy (non-hydrogen) atoms.